The molecule has 21 heavy (non-hydrogen) atoms. The number of nitrogens with one attached hydrogen (secondary N) is 2. The summed E-state index contributed by atoms with van der Waals surface area (Å²) < 4.78 is 0. The molecular formula is C16H21N3O2. The summed E-state index contributed by atoms with van der Waals surface area (Å²) in [4.78, 5) is 26.9. The van der Waals surface area contributed by atoms with Gasteiger partial charge in [-0.3, -0.25) is 9.59 Å². The van der Waals surface area contributed by atoms with Crippen molar-refractivity contribution in [3.63, 3.8) is 0 Å². The van der Waals surface area contributed by atoms with Gasteiger partial charge in [-0.15, -0.1) is 0 Å². The topological polar surface area (TPSA) is 61.4 Å². The minimum Gasteiger partial charge on any atom is -0.338 e. The van der Waals surface area contributed by atoms with Crippen LogP contribution in [0.15, 0.2) is 30.3 Å². The lowest BCUT2D eigenvalue weighted by Gasteiger charge is -2.36. The van der Waals surface area contributed by atoms with E-state index >= 15 is 0 Å². The maximum Gasteiger partial charge on any atom is 0.252 e. The fourth-order valence-corrected chi connectivity index (χ4v) is 2.81. The van der Waals surface area contributed by atoms with Crippen LogP contribution in [0.4, 0.5) is 0 Å². The Morgan fingerprint density at radius 3 is 2.62 bits per heavy atom. The van der Waals surface area contributed by atoms with Crippen LogP contribution in [0.3, 0.4) is 0 Å². The van der Waals surface area contributed by atoms with Gasteiger partial charge in [-0.2, -0.15) is 0 Å². The van der Waals surface area contributed by atoms with Gasteiger partial charge in [0.2, 0.25) is 5.91 Å². The molecular weight excluding hydrogens is 266 g/mol. The van der Waals surface area contributed by atoms with E-state index in [2.05, 4.69) is 10.6 Å². The molecule has 1 saturated carbocycles. The highest BCUT2D eigenvalue weighted by Crippen LogP contribution is 2.38. The van der Waals surface area contributed by atoms with Crippen LogP contribution in [-0.4, -0.2) is 47.9 Å². The molecule has 2 aliphatic rings. The van der Waals surface area contributed by atoms with E-state index in [-0.39, 0.29) is 17.9 Å². The molecule has 1 aliphatic carbocycles. The van der Waals surface area contributed by atoms with Gasteiger partial charge in [0.25, 0.3) is 5.91 Å². The number of carbonyl (C=O) groups is 2. The second kappa shape index (κ2) is 5.48. The zero-order chi connectivity index (χ0) is 14.9. The molecule has 2 amide bonds. The van der Waals surface area contributed by atoms with E-state index in [0.717, 1.165) is 25.9 Å². The number of carbonyl (C=O) groups excluding carboxylic acids is 2. The van der Waals surface area contributed by atoms with Gasteiger partial charge in [-0.05, 0) is 31.9 Å². The highest BCUT2D eigenvalue weighted by atomic mass is 16.2. The molecule has 1 saturated heterocycles. The average molecular weight is 287 g/mol. The van der Waals surface area contributed by atoms with Gasteiger partial charge in [-0.25, -0.2) is 0 Å². The van der Waals surface area contributed by atoms with Crippen molar-refractivity contribution in [2.45, 2.75) is 31.3 Å². The fraction of sp³-hybridized carbons (Fsp3) is 0.500. The first-order valence-corrected chi connectivity index (χ1v) is 7.52. The standard InChI is InChI=1S/C16H21N3O2/c1-12-11-17-9-10-19(12)15(21)16(7-8-16)18-14(20)13-5-3-2-4-6-13/h2-6,12,17H,7-11H2,1H3,(H,18,20). The molecule has 0 spiro atoms. The monoisotopic (exact) mass is 287 g/mol. The predicted octanol–water partition coefficient (Wildman–Crippen LogP) is 0.769. The minimum absolute atomic E-state index is 0.0702. The third-order valence-corrected chi connectivity index (χ3v) is 4.31. The Bertz CT molecular complexity index is 540. The zero-order valence-corrected chi connectivity index (χ0v) is 12.3. The largest absolute Gasteiger partial charge is 0.338 e. The predicted molar refractivity (Wildman–Crippen MR) is 79.9 cm³/mol. The van der Waals surface area contributed by atoms with Gasteiger partial charge in [0.15, 0.2) is 0 Å². The summed E-state index contributed by atoms with van der Waals surface area (Å²) in [6.07, 6.45) is 1.47. The van der Waals surface area contributed by atoms with E-state index in [1.165, 1.54) is 0 Å². The number of rotatable bonds is 3. The van der Waals surface area contributed by atoms with Crippen molar-refractivity contribution in [2.75, 3.05) is 19.6 Å². The molecule has 112 valence electrons. The van der Waals surface area contributed by atoms with Crippen molar-refractivity contribution in [2.24, 2.45) is 0 Å². The molecule has 5 nitrogen and oxygen atoms in total. The molecule has 1 unspecified atom stereocenters. The molecule has 1 heterocycles. The molecule has 1 aromatic rings. The quantitative estimate of drug-likeness (QED) is 0.863. The van der Waals surface area contributed by atoms with E-state index < -0.39 is 5.54 Å². The Balaban J connectivity index is 1.70. The Kier molecular flexibility index (Phi) is 3.68. The van der Waals surface area contributed by atoms with Crippen molar-refractivity contribution < 1.29 is 9.59 Å². The molecule has 5 heteroatoms. The number of hydrogen-bond donors (Lipinski definition) is 2. The van der Waals surface area contributed by atoms with Crippen molar-refractivity contribution in [1.29, 1.82) is 0 Å². The Labute approximate surface area is 124 Å². The van der Waals surface area contributed by atoms with Crippen LogP contribution in [0.5, 0.6) is 0 Å². The second-order valence-corrected chi connectivity index (χ2v) is 5.95. The van der Waals surface area contributed by atoms with Gasteiger partial charge >= 0.3 is 0 Å². The minimum atomic E-state index is -0.668. The average Bonchev–Trinajstić information content (AvgIpc) is 3.29. The van der Waals surface area contributed by atoms with Crippen LogP contribution >= 0.6 is 0 Å². The summed E-state index contributed by atoms with van der Waals surface area (Å²) in [5.41, 5.74) is -0.0663. The number of nitrogens with zero attached hydrogens (tertiary/aromatic N) is 1. The molecule has 0 aromatic heterocycles. The number of hydrogen-bond acceptors (Lipinski definition) is 3. The van der Waals surface area contributed by atoms with Crippen LogP contribution in [0.2, 0.25) is 0 Å². The molecule has 0 radical (unpaired) electrons. The lowest BCUT2D eigenvalue weighted by atomic mass is 10.1. The van der Waals surface area contributed by atoms with Crippen molar-refractivity contribution in [1.82, 2.24) is 15.5 Å². The summed E-state index contributed by atoms with van der Waals surface area (Å²) in [6.45, 7) is 4.38. The van der Waals surface area contributed by atoms with Gasteiger partial charge in [0.05, 0.1) is 0 Å². The maximum atomic E-state index is 12.7. The Hall–Kier alpha value is -1.88. The number of benzene rings is 1. The number of piperazine rings is 1. The SMILES string of the molecule is CC1CNCCN1C(=O)C1(NC(=O)c2ccccc2)CC1. The lowest BCUT2D eigenvalue weighted by molar-refractivity contribution is -0.137. The second-order valence-electron chi connectivity index (χ2n) is 5.95. The van der Waals surface area contributed by atoms with Crippen LogP contribution < -0.4 is 10.6 Å². The first-order chi connectivity index (χ1) is 10.1. The molecule has 1 atom stereocenters. The first-order valence-electron chi connectivity index (χ1n) is 7.52. The van der Waals surface area contributed by atoms with Crippen molar-refractivity contribution in [3.05, 3.63) is 35.9 Å². The zero-order valence-electron chi connectivity index (χ0n) is 12.3. The van der Waals surface area contributed by atoms with E-state index in [4.69, 9.17) is 0 Å². The molecule has 2 fully saturated rings. The maximum absolute atomic E-state index is 12.7. The van der Waals surface area contributed by atoms with E-state index in [1.54, 1.807) is 12.1 Å². The van der Waals surface area contributed by atoms with E-state index in [1.807, 2.05) is 30.0 Å². The third-order valence-electron chi connectivity index (χ3n) is 4.31. The molecule has 3 rings (SSSR count). The van der Waals surface area contributed by atoms with E-state index in [9.17, 15) is 9.59 Å². The van der Waals surface area contributed by atoms with Crippen molar-refractivity contribution >= 4 is 11.8 Å². The highest BCUT2D eigenvalue weighted by molar-refractivity contribution is 6.00. The summed E-state index contributed by atoms with van der Waals surface area (Å²) in [5.74, 6) is -0.0926. The van der Waals surface area contributed by atoms with Crippen LogP contribution in [0.25, 0.3) is 0 Å². The fourth-order valence-electron chi connectivity index (χ4n) is 2.81. The number of amides is 2. The Morgan fingerprint density at radius 2 is 2.00 bits per heavy atom. The van der Waals surface area contributed by atoms with Gasteiger partial charge < -0.3 is 15.5 Å². The first kappa shape index (κ1) is 14.1. The van der Waals surface area contributed by atoms with Crippen molar-refractivity contribution in [3.8, 4) is 0 Å². The van der Waals surface area contributed by atoms with Gasteiger partial charge in [0, 0.05) is 31.2 Å². The van der Waals surface area contributed by atoms with E-state index in [0.29, 0.717) is 12.1 Å². The molecule has 2 N–H and O–H groups in total. The lowest BCUT2D eigenvalue weighted by Crippen LogP contribution is -2.59. The van der Waals surface area contributed by atoms with Crippen LogP contribution in [-0.2, 0) is 4.79 Å². The normalized spacial score (nSPS) is 23.5. The molecule has 1 aromatic carbocycles. The summed E-state index contributed by atoms with van der Waals surface area (Å²) >= 11 is 0. The van der Waals surface area contributed by atoms with Gasteiger partial charge in [-0.1, -0.05) is 18.2 Å². The summed E-state index contributed by atoms with van der Waals surface area (Å²) in [5, 5.41) is 6.23. The highest BCUT2D eigenvalue weighted by Gasteiger charge is 2.53. The van der Waals surface area contributed by atoms with Crippen LogP contribution in [0.1, 0.15) is 30.1 Å². The summed E-state index contributed by atoms with van der Waals surface area (Å²) in [7, 11) is 0. The Morgan fingerprint density at radius 1 is 1.29 bits per heavy atom. The molecule has 0 bridgehead atoms. The summed E-state index contributed by atoms with van der Waals surface area (Å²) in [6, 6.07) is 9.24. The van der Waals surface area contributed by atoms with Gasteiger partial charge in [0.1, 0.15) is 5.54 Å². The van der Waals surface area contributed by atoms with Crippen LogP contribution in [0, 0.1) is 0 Å². The third kappa shape index (κ3) is 2.78. The molecule has 1 aliphatic heterocycles. The smallest absolute Gasteiger partial charge is 0.252 e.